The number of hydrogen-bond acceptors (Lipinski definition) is 4. The summed E-state index contributed by atoms with van der Waals surface area (Å²) in [7, 11) is 0. The van der Waals surface area contributed by atoms with Gasteiger partial charge in [-0.15, -0.1) is 0 Å². The smallest absolute Gasteiger partial charge is 0.100 e. The molecule has 0 saturated carbocycles. The molecule has 0 spiro atoms. The highest BCUT2D eigenvalue weighted by atomic mass is 15.2. The zero-order chi connectivity index (χ0) is 38.2. The van der Waals surface area contributed by atoms with E-state index in [1.54, 1.807) is 0 Å². The lowest BCUT2D eigenvalue weighted by molar-refractivity contribution is 0.567. The van der Waals surface area contributed by atoms with Gasteiger partial charge in [-0.3, -0.25) is 13.7 Å². The molecule has 3 aliphatic rings. The molecule has 58 heavy (non-hydrogen) atoms. The van der Waals surface area contributed by atoms with Crippen molar-refractivity contribution in [3.05, 3.63) is 235 Å². The summed E-state index contributed by atoms with van der Waals surface area (Å²) in [6, 6.07) is 51.1. The Balaban J connectivity index is 0.938. The summed E-state index contributed by atoms with van der Waals surface area (Å²) in [6.07, 6.45) is 19.5. The van der Waals surface area contributed by atoms with Crippen LogP contribution >= 0.6 is 0 Å². The van der Waals surface area contributed by atoms with Crippen molar-refractivity contribution in [1.29, 1.82) is 0 Å². The van der Waals surface area contributed by atoms with Crippen molar-refractivity contribution < 1.29 is 0 Å². The first-order chi connectivity index (χ1) is 28.7. The molecule has 0 aliphatic carbocycles. The largest absolute Gasteiger partial charge is 0.310 e. The van der Waals surface area contributed by atoms with E-state index in [0.717, 1.165) is 101 Å². The molecule has 3 aliphatic heterocycles. The first kappa shape index (κ1) is 32.2. The number of fused-ring (bicyclic) bond motifs is 3. The average molecular weight is 744 g/mol. The number of rotatable bonds is 6. The van der Waals surface area contributed by atoms with E-state index in [9.17, 15) is 0 Å². The predicted octanol–water partition coefficient (Wildman–Crippen LogP) is 11.2. The SMILES string of the molecule is C1=C(c2ccc(-n3cnc4ccccc43)cc2)C=C2C=C(c3ccc(-n4cnc5ccccc54)cc3)C=C3C=C(c4ccc(-n5cnc6ccccc65)cc4)C=C1N23. The molecule has 7 heteroatoms. The Bertz CT molecular complexity index is 2950. The van der Waals surface area contributed by atoms with Crippen LogP contribution < -0.4 is 0 Å². The fraction of sp³-hybridized carbons (Fsp3) is 0. The lowest BCUT2D eigenvalue weighted by atomic mass is 9.89. The number of aromatic nitrogens is 6. The van der Waals surface area contributed by atoms with Gasteiger partial charge in [-0.2, -0.15) is 0 Å². The molecule has 6 aromatic carbocycles. The van der Waals surface area contributed by atoms with E-state index in [4.69, 9.17) is 0 Å². The van der Waals surface area contributed by atoms with Crippen molar-refractivity contribution >= 4 is 49.8 Å². The van der Waals surface area contributed by atoms with Crippen LogP contribution in [0.25, 0.3) is 66.9 Å². The Labute approximate surface area is 334 Å². The van der Waals surface area contributed by atoms with Crippen molar-refractivity contribution in [2.45, 2.75) is 0 Å². The fourth-order valence-corrected chi connectivity index (χ4v) is 8.48. The first-order valence-electron chi connectivity index (χ1n) is 19.4. The van der Waals surface area contributed by atoms with E-state index in [0.29, 0.717) is 0 Å². The van der Waals surface area contributed by atoms with Crippen molar-refractivity contribution in [2.75, 3.05) is 0 Å². The highest BCUT2D eigenvalue weighted by Gasteiger charge is 2.28. The van der Waals surface area contributed by atoms with Gasteiger partial charge in [0.1, 0.15) is 19.0 Å². The van der Waals surface area contributed by atoms with Gasteiger partial charge in [0.25, 0.3) is 0 Å². The lowest BCUT2D eigenvalue weighted by Gasteiger charge is -2.37. The first-order valence-corrected chi connectivity index (χ1v) is 19.4. The number of para-hydroxylation sites is 6. The molecule has 0 atom stereocenters. The van der Waals surface area contributed by atoms with Crippen LogP contribution in [-0.4, -0.2) is 33.6 Å². The third kappa shape index (κ3) is 5.25. The molecule has 0 unspecified atom stereocenters. The van der Waals surface area contributed by atoms with Crippen LogP contribution in [0.3, 0.4) is 0 Å². The Morgan fingerprint density at radius 2 is 0.586 bits per heavy atom. The fourth-order valence-electron chi connectivity index (χ4n) is 8.48. The minimum atomic E-state index is 0.984. The van der Waals surface area contributed by atoms with Crippen molar-refractivity contribution in [1.82, 2.24) is 33.6 Å². The summed E-state index contributed by atoms with van der Waals surface area (Å²) in [5.74, 6) is 0. The monoisotopic (exact) mass is 743 g/mol. The highest BCUT2D eigenvalue weighted by molar-refractivity contribution is 5.90. The van der Waals surface area contributed by atoms with Gasteiger partial charge in [-0.25, -0.2) is 15.0 Å². The van der Waals surface area contributed by atoms with E-state index in [1.165, 1.54) is 0 Å². The van der Waals surface area contributed by atoms with Crippen LogP contribution in [0.1, 0.15) is 16.7 Å². The molecule has 6 heterocycles. The van der Waals surface area contributed by atoms with Crippen molar-refractivity contribution in [3.63, 3.8) is 0 Å². The summed E-state index contributed by atoms with van der Waals surface area (Å²) >= 11 is 0. The normalized spacial score (nSPS) is 14.8. The van der Waals surface area contributed by atoms with Gasteiger partial charge in [-0.1, -0.05) is 72.8 Å². The van der Waals surface area contributed by atoms with Gasteiger partial charge >= 0.3 is 0 Å². The van der Waals surface area contributed by atoms with Gasteiger partial charge in [0.15, 0.2) is 0 Å². The van der Waals surface area contributed by atoms with Crippen LogP contribution in [0.5, 0.6) is 0 Å². The number of nitrogens with zero attached hydrogens (tertiary/aromatic N) is 7. The maximum absolute atomic E-state index is 4.61. The van der Waals surface area contributed by atoms with Crippen molar-refractivity contribution in [2.24, 2.45) is 0 Å². The number of imidazole rings is 3. The molecule has 0 saturated heterocycles. The van der Waals surface area contributed by atoms with Crippen LogP contribution in [0.2, 0.25) is 0 Å². The summed E-state index contributed by atoms with van der Waals surface area (Å²) in [4.78, 5) is 16.2. The quantitative estimate of drug-likeness (QED) is 0.170. The molecule has 0 bridgehead atoms. The zero-order valence-electron chi connectivity index (χ0n) is 31.2. The maximum Gasteiger partial charge on any atom is 0.100 e. The average Bonchev–Trinajstić information content (AvgIpc) is 4.04. The predicted molar refractivity (Wildman–Crippen MR) is 233 cm³/mol. The Hall–Kier alpha value is -8.03. The number of hydrogen-bond donors (Lipinski definition) is 0. The molecular weight excluding hydrogens is 711 g/mol. The van der Waals surface area contributed by atoms with E-state index in [1.807, 2.05) is 55.4 Å². The van der Waals surface area contributed by atoms with Crippen LogP contribution in [-0.2, 0) is 0 Å². The molecule has 0 fully saturated rings. The van der Waals surface area contributed by atoms with E-state index in [2.05, 4.69) is 179 Å². The van der Waals surface area contributed by atoms with Gasteiger partial charge in [-0.05, 0) is 143 Å². The Morgan fingerprint density at radius 1 is 0.293 bits per heavy atom. The Kier molecular flexibility index (Phi) is 7.09. The minimum absolute atomic E-state index is 0.984. The molecule has 7 nitrogen and oxygen atoms in total. The van der Waals surface area contributed by atoms with Crippen LogP contribution in [0, 0.1) is 0 Å². The molecular formula is C51H33N7. The van der Waals surface area contributed by atoms with E-state index in [-0.39, 0.29) is 0 Å². The number of allylic oxidation sites excluding steroid dienone is 9. The summed E-state index contributed by atoms with van der Waals surface area (Å²) in [6.45, 7) is 0. The van der Waals surface area contributed by atoms with Crippen molar-refractivity contribution in [3.8, 4) is 17.1 Å². The second kappa shape index (κ2) is 12.8. The second-order valence-electron chi connectivity index (χ2n) is 14.8. The van der Waals surface area contributed by atoms with E-state index < -0.39 is 0 Å². The topological polar surface area (TPSA) is 56.7 Å². The third-order valence-electron chi connectivity index (χ3n) is 11.4. The summed E-state index contributed by atoms with van der Waals surface area (Å²) < 4.78 is 6.43. The molecule has 0 radical (unpaired) electrons. The molecule has 0 N–H and O–H groups in total. The standard InChI is InChI=1S/C51H33N7/c1-4-10-49-46(7-1)52-31-55(49)40-19-13-34(14-20-40)37-25-43-27-38(35-15-21-41(22-16-35)56-32-53-47-8-2-5-11-50(47)56)29-45-30-39(28-44(26-37)58(43)45)36-17-23-42(24-18-36)57-33-54-48-9-3-6-12-51(48)57/h1-33H. The summed E-state index contributed by atoms with van der Waals surface area (Å²) in [5.41, 5.74) is 19.8. The molecule has 9 aromatic rings. The van der Waals surface area contributed by atoms with Gasteiger partial charge in [0, 0.05) is 34.2 Å². The van der Waals surface area contributed by atoms with Crippen LogP contribution in [0.15, 0.2) is 218 Å². The molecule has 12 rings (SSSR count). The van der Waals surface area contributed by atoms with E-state index >= 15 is 0 Å². The Morgan fingerprint density at radius 3 is 0.897 bits per heavy atom. The zero-order valence-corrected chi connectivity index (χ0v) is 31.2. The molecule has 3 aromatic heterocycles. The highest BCUT2D eigenvalue weighted by Crippen LogP contribution is 2.43. The second-order valence-corrected chi connectivity index (χ2v) is 14.8. The lowest BCUT2D eigenvalue weighted by Crippen LogP contribution is -2.26. The third-order valence-corrected chi connectivity index (χ3v) is 11.4. The van der Waals surface area contributed by atoms with Gasteiger partial charge < -0.3 is 4.90 Å². The van der Waals surface area contributed by atoms with Gasteiger partial charge in [0.2, 0.25) is 0 Å². The van der Waals surface area contributed by atoms with Crippen LogP contribution in [0.4, 0.5) is 0 Å². The minimum Gasteiger partial charge on any atom is -0.310 e. The molecule has 0 amide bonds. The maximum atomic E-state index is 4.61. The summed E-state index contributed by atoms with van der Waals surface area (Å²) in [5, 5.41) is 0. The number of benzene rings is 6. The van der Waals surface area contributed by atoms with Gasteiger partial charge in [0.05, 0.1) is 33.1 Å². The molecule has 272 valence electrons.